The van der Waals surface area contributed by atoms with E-state index in [1.165, 1.54) is 12.4 Å². The third kappa shape index (κ3) is 4.50. The molecule has 0 radical (unpaired) electrons. The van der Waals surface area contributed by atoms with Crippen LogP contribution < -0.4 is 10.6 Å². The molecule has 2 aromatic carbocycles. The lowest BCUT2D eigenvalue weighted by atomic mass is 10.0. The van der Waals surface area contributed by atoms with Crippen molar-refractivity contribution in [1.82, 2.24) is 24.9 Å². The van der Waals surface area contributed by atoms with Crippen LogP contribution in [0.3, 0.4) is 0 Å². The van der Waals surface area contributed by atoms with E-state index in [0.29, 0.717) is 22.9 Å². The first-order chi connectivity index (χ1) is 18.8. The molecule has 0 saturated heterocycles. The molecule has 0 saturated carbocycles. The second kappa shape index (κ2) is 9.39. The fraction of sp³-hybridized carbons (Fsp3) is 0.103. The number of hydrogen-bond donors (Lipinski definition) is 3. The van der Waals surface area contributed by atoms with Crippen LogP contribution in [-0.4, -0.2) is 24.9 Å². The topological polar surface area (TPSA) is 91.4 Å². The zero-order chi connectivity index (χ0) is 27.1. The molecule has 0 fully saturated rings. The predicted molar refractivity (Wildman–Crippen MR) is 146 cm³/mol. The number of aromatic amines is 1. The highest BCUT2D eigenvalue weighted by molar-refractivity contribution is 6.04. The minimum absolute atomic E-state index is 0.339. The number of nitrogens with one attached hydrogen (secondary N) is 3. The minimum Gasteiger partial charge on any atom is -0.346 e. The molecule has 0 amide bonds. The van der Waals surface area contributed by atoms with Gasteiger partial charge >= 0.3 is 6.18 Å². The number of fused-ring (bicyclic) bond motifs is 2. The van der Waals surface area contributed by atoms with Gasteiger partial charge in [-0.15, -0.1) is 0 Å². The summed E-state index contributed by atoms with van der Waals surface area (Å²) in [6, 6.07) is 15.0. The Morgan fingerprint density at radius 1 is 0.744 bits per heavy atom. The van der Waals surface area contributed by atoms with Crippen LogP contribution in [0.2, 0.25) is 0 Å². The van der Waals surface area contributed by atoms with Gasteiger partial charge in [-0.05, 0) is 61.4 Å². The Bertz CT molecular complexity index is 1840. The molecule has 0 unspecified atom stereocenters. The summed E-state index contributed by atoms with van der Waals surface area (Å²) in [4.78, 5) is 21.0. The van der Waals surface area contributed by atoms with Crippen molar-refractivity contribution in [2.24, 2.45) is 0 Å². The molecule has 0 aliphatic rings. The van der Waals surface area contributed by atoms with Crippen molar-refractivity contribution in [3.63, 3.8) is 0 Å². The molecule has 0 aliphatic carbocycles. The number of rotatable bonds is 5. The number of alkyl halides is 3. The minimum atomic E-state index is -4.44. The van der Waals surface area contributed by atoms with Crippen molar-refractivity contribution in [3.05, 3.63) is 96.2 Å². The van der Waals surface area contributed by atoms with Crippen LogP contribution in [0.4, 0.5) is 36.2 Å². The van der Waals surface area contributed by atoms with E-state index < -0.39 is 11.7 Å². The van der Waals surface area contributed by atoms with Gasteiger partial charge < -0.3 is 15.6 Å². The zero-order valence-electron chi connectivity index (χ0n) is 20.9. The lowest BCUT2D eigenvalue weighted by Crippen LogP contribution is -2.06. The smallest absolute Gasteiger partial charge is 0.346 e. The van der Waals surface area contributed by atoms with Crippen LogP contribution in [0.1, 0.15) is 16.7 Å². The lowest BCUT2D eigenvalue weighted by Gasteiger charge is -2.18. The molecule has 0 spiro atoms. The number of nitrogens with zero attached hydrogens (tertiary/aromatic N) is 4. The number of halogens is 3. The van der Waals surface area contributed by atoms with Crippen LogP contribution in [0.25, 0.3) is 33.1 Å². The van der Waals surface area contributed by atoms with E-state index in [4.69, 9.17) is 0 Å². The molecule has 7 nitrogen and oxygen atoms in total. The van der Waals surface area contributed by atoms with Crippen LogP contribution in [0.15, 0.2) is 79.5 Å². The monoisotopic (exact) mass is 525 g/mol. The van der Waals surface area contributed by atoms with Gasteiger partial charge in [-0.1, -0.05) is 18.2 Å². The lowest BCUT2D eigenvalue weighted by molar-refractivity contribution is -0.137. The highest BCUT2D eigenvalue weighted by Crippen LogP contribution is 2.38. The molecule has 39 heavy (non-hydrogen) atoms. The Labute approximate surface area is 221 Å². The van der Waals surface area contributed by atoms with Gasteiger partial charge in [0, 0.05) is 46.0 Å². The van der Waals surface area contributed by atoms with Crippen molar-refractivity contribution in [3.8, 4) is 11.3 Å². The molecular weight excluding hydrogens is 503 g/mol. The highest BCUT2D eigenvalue weighted by atomic mass is 19.4. The van der Waals surface area contributed by atoms with E-state index in [0.717, 1.165) is 56.4 Å². The first-order valence-electron chi connectivity index (χ1n) is 12.1. The molecule has 0 atom stereocenters. The van der Waals surface area contributed by atoms with Crippen molar-refractivity contribution in [2.75, 3.05) is 10.6 Å². The fourth-order valence-corrected chi connectivity index (χ4v) is 4.59. The van der Waals surface area contributed by atoms with Gasteiger partial charge in [0.2, 0.25) is 0 Å². The zero-order valence-corrected chi connectivity index (χ0v) is 20.9. The molecule has 194 valence electrons. The standard InChI is InChI=1S/C29H22F3N7/c1-16-5-7-18(29(30,31)32)14-23(16)38-27-20-8-6-17(2)24(19(20)9-12-35-27)39-28-21(4-3-11-33-28)25-22-10-13-34-26(22)37-15-36-25/h3-15H,1-2H3,(H,33,39)(H,35,38)(H,34,36,37). The van der Waals surface area contributed by atoms with Gasteiger partial charge in [0.05, 0.1) is 16.9 Å². The third-order valence-corrected chi connectivity index (χ3v) is 6.63. The molecule has 4 aromatic heterocycles. The fourth-order valence-electron chi connectivity index (χ4n) is 4.59. The summed E-state index contributed by atoms with van der Waals surface area (Å²) in [6.45, 7) is 3.73. The quantitative estimate of drug-likeness (QED) is 0.214. The maximum Gasteiger partial charge on any atom is 0.416 e. The van der Waals surface area contributed by atoms with Gasteiger partial charge in [-0.25, -0.2) is 19.9 Å². The van der Waals surface area contributed by atoms with Crippen molar-refractivity contribution in [1.29, 1.82) is 0 Å². The largest absolute Gasteiger partial charge is 0.416 e. The summed E-state index contributed by atoms with van der Waals surface area (Å²) in [5, 5.41) is 9.05. The number of aryl methyl sites for hydroxylation is 2. The summed E-state index contributed by atoms with van der Waals surface area (Å²) in [5.74, 6) is 1.05. The molecule has 0 bridgehead atoms. The Balaban J connectivity index is 1.43. The van der Waals surface area contributed by atoms with E-state index in [-0.39, 0.29) is 0 Å². The second-order valence-corrected chi connectivity index (χ2v) is 9.15. The van der Waals surface area contributed by atoms with Crippen LogP contribution >= 0.6 is 0 Å². The van der Waals surface area contributed by atoms with E-state index in [2.05, 4.69) is 35.6 Å². The van der Waals surface area contributed by atoms with E-state index in [1.54, 1.807) is 19.3 Å². The van der Waals surface area contributed by atoms with Gasteiger partial charge in [-0.2, -0.15) is 13.2 Å². The SMILES string of the molecule is Cc1ccc(C(F)(F)F)cc1Nc1nccc2c(Nc3ncccc3-c3ncnc4[nH]ccc34)c(C)ccc12. The first kappa shape index (κ1) is 24.4. The Morgan fingerprint density at radius 2 is 1.56 bits per heavy atom. The Kier molecular flexibility index (Phi) is 5.86. The number of pyridine rings is 2. The highest BCUT2D eigenvalue weighted by Gasteiger charge is 2.31. The van der Waals surface area contributed by atoms with Crippen molar-refractivity contribution < 1.29 is 13.2 Å². The molecule has 10 heteroatoms. The Morgan fingerprint density at radius 3 is 2.41 bits per heavy atom. The van der Waals surface area contributed by atoms with E-state index in [9.17, 15) is 13.2 Å². The summed E-state index contributed by atoms with van der Waals surface area (Å²) >= 11 is 0. The molecule has 6 aromatic rings. The predicted octanol–water partition coefficient (Wildman–Crippen LogP) is 7.69. The average molecular weight is 526 g/mol. The number of benzene rings is 2. The van der Waals surface area contributed by atoms with Crippen LogP contribution in [-0.2, 0) is 6.18 Å². The van der Waals surface area contributed by atoms with E-state index >= 15 is 0 Å². The summed E-state index contributed by atoms with van der Waals surface area (Å²) in [6.07, 6.45) is 2.21. The van der Waals surface area contributed by atoms with Crippen LogP contribution in [0.5, 0.6) is 0 Å². The number of H-pyrrole nitrogens is 1. The Hall–Kier alpha value is -4.99. The van der Waals surface area contributed by atoms with Gasteiger partial charge in [0.15, 0.2) is 0 Å². The number of hydrogen-bond acceptors (Lipinski definition) is 6. The molecule has 4 heterocycles. The normalized spacial score (nSPS) is 11.7. The van der Waals surface area contributed by atoms with Gasteiger partial charge in [0.25, 0.3) is 0 Å². The maximum absolute atomic E-state index is 13.4. The third-order valence-electron chi connectivity index (χ3n) is 6.63. The van der Waals surface area contributed by atoms with Gasteiger partial charge in [-0.3, -0.25) is 0 Å². The molecule has 3 N–H and O–H groups in total. The molecule has 0 aliphatic heterocycles. The summed E-state index contributed by atoms with van der Waals surface area (Å²) < 4.78 is 40.1. The molecule has 6 rings (SSSR count). The molecular formula is C29H22F3N7. The van der Waals surface area contributed by atoms with Crippen molar-refractivity contribution >= 4 is 44.8 Å². The average Bonchev–Trinajstić information content (AvgIpc) is 3.41. The van der Waals surface area contributed by atoms with Crippen molar-refractivity contribution in [2.45, 2.75) is 20.0 Å². The summed E-state index contributed by atoms with van der Waals surface area (Å²) in [5.41, 5.74) is 4.31. The van der Waals surface area contributed by atoms with Crippen LogP contribution in [0, 0.1) is 13.8 Å². The first-order valence-corrected chi connectivity index (χ1v) is 12.1. The second-order valence-electron chi connectivity index (χ2n) is 9.15. The number of anilines is 4. The van der Waals surface area contributed by atoms with Gasteiger partial charge in [0.1, 0.15) is 23.6 Å². The van der Waals surface area contributed by atoms with E-state index in [1.807, 2.05) is 49.5 Å². The number of aromatic nitrogens is 5. The summed E-state index contributed by atoms with van der Waals surface area (Å²) in [7, 11) is 0. The maximum atomic E-state index is 13.4.